The van der Waals surface area contributed by atoms with E-state index < -0.39 is 0 Å². The van der Waals surface area contributed by atoms with Crippen LogP contribution in [0.4, 0.5) is 5.69 Å². The smallest absolute Gasteiger partial charge is 0.107 e. The van der Waals surface area contributed by atoms with Crippen molar-refractivity contribution in [2.45, 2.75) is 23.5 Å². The fraction of sp³-hybridized carbons (Fsp3) is 0.462. The van der Waals surface area contributed by atoms with Gasteiger partial charge in [0, 0.05) is 27.9 Å². The van der Waals surface area contributed by atoms with Crippen LogP contribution in [0.2, 0.25) is 0 Å². The molecule has 1 rings (SSSR count). The van der Waals surface area contributed by atoms with Crippen molar-refractivity contribution in [2.75, 3.05) is 24.4 Å². The summed E-state index contributed by atoms with van der Waals surface area (Å²) >= 11 is 8.70. The Kier molecular flexibility index (Phi) is 6.89. The SMILES string of the molecule is CSc1cccc(NCCC(C)SC)c1C(N)=S. The molecule has 0 radical (unpaired) electrons. The van der Waals surface area contributed by atoms with Crippen molar-refractivity contribution in [1.29, 1.82) is 0 Å². The van der Waals surface area contributed by atoms with Gasteiger partial charge in [-0.05, 0) is 31.1 Å². The van der Waals surface area contributed by atoms with Crippen molar-refractivity contribution in [3.8, 4) is 0 Å². The Morgan fingerprint density at radius 2 is 2.17 bits per heavy atom. The van der Waals surface area contributed by atoms with Crippen LogP contribution in [0.3, 0.4) is 0 Å². The Morgan fingerprint density at radius 1 is 1.44 bits per heavy atom. The van der Waals surface area contributed by atoms with Gasteiger partial charge in [-0.3, -0.25) is 0 Å². The van der Waals surface area contributed by atoms with E-state index in [2.05, 4.69) is 24.6 Å². The second-order valence-electron chi connectivity index (χ2n) is 4.01. The number of thioether (sulfide) groups is 2. The Morgan fingerprint density at radius 3 is 2.72 bits per heavy atom. The molecule has 0 amide bonds. The van der Waals surface area contributed by atoms with Gasteiger partial charge in [-0.25, -0.2) is 0 Å². The summed E-state index contributed by atoms with van der Waals surface area (Å²) in [5.74, 6) is 0. The Balaban J connectivity index is 2.78. The minimum atomic E-state index is 0.459. The van der Waals surface area contributed by atoms with E-state index in [0.29, 0.717) is 10.2 Å². The molecule has 0 aliphatic rings. The van der Waals surface area contributed by atoms with Crippen molar-refractivity contribution in [1.82, 2.24) is 0 Å². The second-order valence-corrected chi connectivity index (χ2v) is 6.57. The lowest BCUT2D eigenvalue weighted by atomic mass is 10.1. The first-order valence-corrected chi connectivity index (χ1v) is 8.75. The van der Waals surface area contributed by atoms with E-state index in [0.717, 1.165) is 29.1 Å². The minimum Gasteiger partial charge on any atom is -0.389 e. The first-order valence-electron chi connectivity index (χ1n) is 5.83. The highest BCUT2D eigenvalue weighted by atomic mass is 32.2. The van der Waals surface area contributed by atoms with Crippen molar-refractivity contribution in [3.63, 3.8) is 0 Å². The van der Waals surface area contributed by atoms with Gasteiger partial charge in [0.25, 0.3) is 0 Å². The number of hydrogen-bond donors (Lipinski definition) is 2. The summed E-state index contributed by atoms with van der Waals surface area (Å²) < 4.78 is 0. The molecule has 0 aliphatic carbocycles. The molecule has 0 heterocycles. The van der Waals surface area contributed by atoms with Crippen LogP contribution in [-0.4, -0.2) is 29.3 Å². The van der Waals surface area contributed by atoms with E-state index in [1.54, 1.807) is 11.8 Å². The Hall–Kier alpha value is -0.390. The van der Waals surface area contributed by atoms with E-state index in [-0.39, 0.29) is 0 Å². The summed E-state index contributed by atoms with van der Waals surface area (Å²) in [6, 6.07) is 6.13. The molecule has 2 nitrogen and oxygen atoms in total. The van der Waals surface area contributed by atoms with Gasteiger partial charge >= 0.3 is 0 Å². The van der Waals surface area contributed by atoms with Crippen molar-refractivity contribution < 1.29 is 0 Å². The highest BCUT2D eigenvalue weighted by Crippen LogP contribution is 2.27. The number of benzene rings is 1. The molecule has 3 N–H and O–H groups in total. The minimum absolute atomic E-state index is 0.459. The standard InChI is InChI=1S/C13H20N2S3/c1-9(17-2)7-8-15-10-5-4-6-11(18-3)12(10)13(14)16/h4-6,9,15H,7-8H2,1-3H3,(H2,14,16). The second kappa shape index (κ2) is 7.92. The Labute approximate surface area is 123 Å². The largest absolute Gasteiger partial charge is 0.389 e. The summed E-state index contributed by atoms with van der Waals surface area (Å²) in [5.41, 5.74) is 7.84. The van der Waals surface area contributed by atoms with Crippen LogP contribution >= 0.6 is 35.7 Å². The fourth-order valence-corrected chi connectivity index (χ4v) is 2.91. The lowest BCUT2D eigenvalue weighted by Crippen LogP contribution is -2.16. The lowest BCUT2D eigenvalue weighted by Gasteiger charge is -2.15. The zero-order chi connectivity index (χ0) is 13.5. The summed E-state index contributed by atoms with van der Waals surface area (Å²) in [6.07, 6.45) is 5.30. The van der Waals surface area contributed by atoms with Gasteiger partial charge in [0.2, 0.25) is 0 Å². The third kappa shape index (κ3) is 4.37. The van der Waals surface area contributed by atoms with E-state index >= 15 is 0 Å². The normalized spacial score (nSPS) is 12.2. The molecular weight excluding hydrogens is 280 g/mol. The third-order valence-electron chi connectivity index (χ3n) is 2.76. The molecule has 1 aromatic carbocycles. The maximum Gasteiger partial charge on any atom is 0.107 e. The maximum absolute atomic E-state index is 5.82. The summed E-state index contributed by atoms with van der Waals surface area (Å²) in [4.78, 5) is 1.59. The van der Waals surface area contributed by atoms with Crippen LogP contribution in [0, 0.1) is 0 Å². The van der Waals surface area contributed by atoms with Crippen LogP contribution in [0.15, 0.2) is 23.1 Å². The summed E-state index contributed by atoms with van der Waals surface area (Å²) in [7, 11) is 0. The van der Waals surface area contributed by atoms with Gasteiger partial charge in [-0.2, -0.15) is 11.8 Å². The summed E-state index contributed by atoms with van der Waals surface area (Å²) in [6.45, 7) is 3.18. The van der Waals surface area contributed by atoms with Crippen LogP contribution in [-0.2, 0) is 0 Å². The molecule has 0 aliphatic heterocycles. The van der Waals surface area contributed by atoms with E-state index in [1.807, 2.05) is 30.2 Å². The maximum atomic E-state index is 5.82. The number of anilines is 1. The number of nitrogens with one attached hydrogen (secondary N) is 1. The van der Waals surface area contributed by atoms with Crippen LogP contribution in [0.25, 0.3) is 0 Å². The van der Waals surface area contributed by atoms with Gasteiger partial charge in [0.1, 0.15) is 4.99 Å². The van der Waals surface area contributed by atoms with Gasteiger partial charge < -0.3 is 11.1 Å². The zero-order valence-corrected chi connectivity index (χ0v) is 13.5. The predicted octanol–water partition coefficient (Wildman–Crippen LogP) is 3.60. The highest BCUT2D eigenvalue weighted by Gasteiger charge is 2.10. The van der Waals surface area contributed by atoms with Crippen LogP contribution in [0.5, 0.6) is 0 Å². The quantitative estimate of drug-likeness (QED) is 0.594. The van der Waals surface area contributed by atoms with Gasteiger partial charge in [-0.15, -0.1) is 11.8 Å². The molecule has 100 valence electrons. The lowest BCUT2D eigenvalue weighted by molar-refractivity contribution is 0.853. The molecule has 1 aromatic rings. The first-order chi connectivity index (χ1) is 8.60. The highest BCUT2D eigenvalue weighted by molar-refractivity contribution is 7.99. The third-order valence-corrected chi connectivity index (χ3v) is 4.79. The first kappa shape index (κ1) is 15.7. The zero-order valence-electron chi connectivity index (χ0n) is 11.0. The van der Waals surface area contributed by atoms with E-state index in [4.69, 9.17) is 18.0 Å². The van der Waals surface area contributed by atoms with E-state index in [9.17, 15) is 0 Å². The number of hydrogen-bond acceptors (Lipinski definition) is 4. The molecule has 0 saturated carbocycles. The average molecular weight is 301 g/mol. The fourth-order valence-electron chi connectivity index (χ4n) is 1.63. The molecular formula is C13H20N2S3. The predicted molar refractivity (Wildman–Crippen MR) is 90.2 cm³/mol. The van der Waals surface area contributed by atoms with Crippen molar-refractivity contribution in [3.05, 3.63) is 23.8 Å². The number of nitrogens with two attached hydrogens (primary N) is 1. The molecule has 0 bridgehead atoms. The topological polar surface area (TPSA) is 38.0 Å². The van der Waals surface area contributed by atoms with E-state index in [1.165, 1.54) is 0 Å². The number of rotatable bonds is 7. The molecule has 18 heavy (non-hydrogen) atoms. The molecule has 5 heteroatoms. The Bertz CT molecular complexity index is 407. The summed E-state index contributed by atoms with van der Waals surface area (Å²) in [5, 5.41) is 4.10. The van der Waals surface area contributed by atoms with Crippen molar-refractivity contribution in [2.24, 2.45) is 5.73 Å². The molecule has 0 spiro atoms. The molecule has 0 fully saturated rings. The van der Waals surface area contributed by atoms with Crippen molar-refractivity contribution >= 4 is 46.4 Å². The molecule has 1 unspecified atom stereocenters. The average Bonchev–Trinajstić information content (AvgIpc) is 2.37. The molecule has 1 atom stereocenters. The van der Waals surface area contributed by atoms with Gasteiger partial charge in [0.15, 0.2) is 0 Å². The molecule has 0 aromatic heterocycles. The van der Waals surface area contributed by atoms with Crippen LogP contribution < -0.4 is 11.1 Å². The van der Waals surface area contributed by atoms with Crippen LogP contribution in [0.1, 0.15) is 18.9 Å². The van der Waals surface area contributed by atoms with Gasteiger partial charge in [0.05, 0.1) is 0 Å². The molecule has 0 saturated heterocycles. The van der Waals surface area contributed by atoms with Gasteiger partial charge in [-0.1, -0.05) is 25.2 Å². The monoisotopic (exact) mass is 300 g/mol. The number of thiocarbonyl (C=S) groups is 1.